The molecule has 0 radical (unpaired) electrons. The van der Waals surface area contributed by atoms with Crippen molar-refractivity contribution < 1.29 is 9.53 Å². The minimum atomic E-state index is -0.317. The summed E-state index contributed by atoms with van der Waals surface area (Å²) in [4.78, 5) is 12.0. The fourth-order valence-electron chi connectivity index (χ4n) is 1.79. The number of carbonyl (C=O) groups excluding carboxylic acids is 1. The van der Waals surface area contributed by atoms with Gasteiger partial charge in [0.15, 0.2) is 5.11 Å². The summed E-state index contributed by atoms with van der Waals surface area (Å²) < 4.78 is 4.88. The van der Waals surface area contributed by atoms with Gasteiger partial charge in [0.25, 0.3) is 0 Å². The summed E-state index contributed by atoms with van der Waals surface area (Å²) in [7, 11) is 1.40. The molecule has 2 N–H and O–H groups in total. The van der Waals surface area contributed by atoms with Crippen LogP contribution in [-0.4, -0.2) is 24.7 Å². The van der Waals surface area contributed by atoms with E-state index >= 15 is 0 Å². The first-order valence-corrected chi connectivity index (χ1v) is 8.01. The Morgan fingerprint density at radius 3 is 2.75 bits per heavy atom. The zero-order valence-corrected chi connectivity index (χ0v) is 14.0. The molecule has 0 saturated heterocycles. The van der Waals surface area contributed by atoms with E-state index in [1.54, 1.807) is 0 Å². The number of carbonyl (C=O) groups is 1. The van der Waals surface area contributed by atoms with Gasteiger partial charge in [-0.3, -0.25) is 0 Å². The van der Waals surface area contributed by atoms with E-state index in [4.69, 9.17) is 17.0 Å². The van der Waals surface area contributed by atoms with Crippen LogP contribution in [0.1, 0.15) is 43.1 Å². The smallest absolute Gasteiger partial charge is 0.341 e. The Bertz CT molecular complexity index is 470. The van der Waals surface area contributed by atoms with Crippen molar-refractivity contribution in [2.24, 2.45) is 5.92 Å². The van der Waals surface area contributed by atoms with Crippen molar-refractivity contribution in [3.8, 4) is 0 Å². The predicted molar refractivity (Wildman–Crippen MR) is 88.7 cm³/mol. The maximum atomic E-state index is 12.0. The molecule has 1 aromatic rings. The third kappa shape index (κ3) is 4.76. The Hall–Kier alpha value is -1.14. The van der Waals surface area contributed by atoms with Gasteiger partial charge in [0.1, 0.15) is 5.00 Å². The zero-order chi connectivity index (χ0) is 15.1. The monoisotopic (exact) mass is 314 g/mol. The minimum Gasteiger partial charge on any atom is -0.465 e. The van der Waals surface area contributed by atoms with E-state index in [1.807, 2.05) is 5.38 Å². The molecule has 0 aliphatic carbocycles. The number of thiophene rings is 1. The zero-order valence-electron chi connectivity index (χ0n) is 12.4. The lowest BCUT2D eigenvalue weighted by Crippen LogP contribution is -2.29. The Balaban J connectivity index is 2.92. The van der Waals surface area contributed by atoms with Crippen LogP contribution in [0.4, 0.5) is 5.00 Å². The van der Waals surface area contributed by atoms with E-state index in [0.29, 0.717) is 16.6 Å². The van der Waals surface area contributed by atoms with Crippen molar-refractivity contribution >= 4 is 39.6 Å². The van der Waals surface area contributed by atoms with Gasteiger partial charge in [-0.05, 0) is 41.9 Å². The highest BCUT2D eigenvalue weighted by molar-refractivity contribution is 7.80. The molecule has 0 atom stereocenters. The maximum absolute atomic E-state index is 12.0. The molecular formula is C14H22N2O2S2. The fourth-order valence-corrected chi connectivity index (χ4v) is 3.02. The Morgan fingerprint density at radius 2 is 2.20 bits per heavy atom. The van der Waals surface area contributed by atoms with Crippen LogP contribution in [0.3, 0.4) is 0 Å². The van der Waals surface area contributed by atoms with E-state index in [1.165, 1.54) is 18.4 Å². The Kier molecular flexibility index (Phi) is 6.95. The topological polar surface area (TPSA) is 50.4 Å². The average molecular weight is 314 g/mol. The summed E-state index contributed by atoms with van der Waals surface area (Å²) in [6, 6.07) is 0. The first-order chi connectivity index (χ1) is 9.49. The molecule has 112 valence electrons. The van der Waals surface area contributed by atoms with Crippen molar-refractivity contribution in [3.63, 3.8) is 0 Å². The van der Waals surface area contributed by atoms with Crippen LogP contribution in [0, 0.1) is 5.92 Å². The number of methoxy groups -OCH3 is 1. The summed E-state index contributed by atoms with van der Waals surface area (Å²) in [5.41, 5.74) is 1.62. The summed E-state index contributed by atoms with van der Waals surface area (Å²) in [5, 5.41) is 9.47. The standard InChI is InChI=1S/C14H22N2O2S2/c1-5-6-15-14(19)16-12-11(13(17)18-4)10(8-20-12)7-9(2)3/h8-9H,5-7H2,1-4H3,(H2,15,16,19). The van der Waals surface area contributed by atoms with Crippen LogP contribution < -0.4 is 10.6 Å². The van der Waals surface area contributed by atoms with E-state index in [9.17, 15) is 4.79 Å². The molecule has 0 fully saturated rings. The first-order valence-electron chi connectivity index (χ1n) is 6.73. The molecule has 0 aliphatic rings. The fraction of sp³-hybridized carbons (Fsp3) is 0.571. The van der Waals surface area contributed by atoms with Crippen LogP contribution in [0.5, 0.6) is 0 Å². The van der Waals surface area contributed by atoms with Crippen LogP contribution in [0.2, 0.25) is 0 Å². The van der Waals surface area contributed by atoms with E-state index in [2.05, 4.69) is 31.4 Å². The molecule has 0 spiro atoms. The van der Waals surface area contributed by atoms with Crippen LogP contribution in [-0.2, 0) is 11.2 Å². The number of rotatable bonds is 6. The van der Waals surface area contributed by atoms with Gasteiger partial charge < -0.3 is 15.4 Å². The highest BCUT2D eigenvalue weighted by atomic mass is 32.1. The number of nitrogens with one attached hydrogen (secondary N) is 2. The average Bonchev–Trinajstić information content (AvgIpc) is 2.77. The van der Waals surface area contributed by atoms with E-state index in [-0.39, 0.29) is 5.97 Å². The van der Waals surface area contributed by atoms with Gasteiger partial charge in [-0.1, -0.05) is 20.8 Å². The molecule has 0 aliphatic heterocycles. The molecule has 0 amide bonds. The molecule has 1 rings (SSSR count). The molecule has 4 nitrogen and oxygen atoms in total. The molecule has 1 aromatic heterocycles. The van der Waals surface area contributed by atoms with Gasteiger partial charge in [-0.15, -0.1) is 11.3 Å². The molecule has 20 heavy (non-hydrogen) atoms. The number of hydrogen-bond donors (Lipinski definition) is 2. The van der Waals surface area contributed by atoms with Gasteiger partial charge in [0.2, 0.25) is 0 Å². The number of thiocarbonyl (C=S) groups is 1. The molecule has 0 saturated carbocycles. The summed E-state index contributed by atoms with van der Waals surface area (Å²) in [6.45, 7) is 7.13. The minimum absolute atomic E-state index is 0.317. The van der Waals surface area contributed by atoms with Crippen LogP contribution in [0.25, 0.3) is 0 Å². The largest absolute Gasteiger partial charge is 0.465 e. The quantitative estimate of drug-likeness (QED) is 0.622. The molecule has 0 unspecified atom stereocenters. The highest BCUT2D eigenvalue weighted by Crippen LogP contribution is 2.30. The summed E-state index contributed by atoms with van der Waals surface area (Å²) in [6.07, 6.45) is 1.84. The Morgan fingerprint density at radius 1 is 1.50 bits per heavy atom. The summed E-state index contributed by atoms with van der Waals surface area (Å²) in [5.74, 6) is 0.161. The SMILES string of the molecule is CCCNC(=S)Nc1scc(CC(C)C)c1C(=O)OC. The molecule has 0 aromatic carbocycles. The number of hydrogen-bond acceptors (Lipinski definition) is 4. The molecule has 6 heteroatoms. The van der Waals surface area contributed by atoms with Crippen molar-refractivity contribution in [2.45, 2.75) is 33.6 Å². The van der Waals surface area contributed by atoms with E-state index < -0.39 is 0 Å². The van der Waals surface area contributed by atoms with Crippen LogP contribution in [0.15, 0.2) is 5.38 Å². The van der Waals surface area contributed by atoms with Gasteiger partial charge in [0, 0.05) is 6.54 Å². The lowest BCUT2D eigenvalue weighted by Gasteiger charge is -2.11. The van der Waals surface area contributed by atoms with Gasteiger partial charge in [0.05, 0.1) is 12.7 Å². The van der Waals surface area contributed by atoms with Crippen LogP contribution >= 0.6 is 23.6 Å². The maximum Gasteiger partial charge on any atom is 0.341 e. The van der Waals surface area contributed by atoms with Gasteiger partial charge >= 0.3 is 5.97 Å². The number of ether oxygens (including phenoxy) is 1. The van der Waals surface area contributed by atoms with Gasteiger partial charge in [-0.25, -0.2) is 4.79 Å². The second-order valence-electron chi connectivity index (χ2n) is 4.94. The summed E-state index contributed by atoms with van der Waals surface area (Å²) >= 11 is 6.70. The number of anilines is 1. The predicted octanol–water partition coefficient (Wildman–Crippen LogP) is 3.43. The number of esters is 1. The van der Waals surface area contributed by atoms with Crippen molar-refractivity contribution in [3.05, 3.63) is 16.5 Å². The lowest BCUT2D eigenvalue weighted by atomic mass is 10.0. The third-order valence-corrected chi connectivity index (χ3v) is 3.84. The first kappa shape index (κ1) is 16.9. The second kappa shape index (κ2) is 8.21. The normalized spacial score (nSPS) is 10.4. The van der Waals surface area contributed by atoms with Crippen molar-refractivity contribution in [1.82, 2.24) is 5.32 Å². The van der Waals surface area contributed by atoms with Gasteiger partial charge in [-0.2, -0.15) is 0 Å². The lowest BCUT2D eigenvalue weighted by molar-refractivity contribution is 0.0601. The van der Waals surface area contributed by atoms with Crippen molar-refractivity contribution in [2.75, 3.05) is 19.0 Å². The van der Waals surface area contributed by atoms with Crippen molar-refractivity contribution in [1.29, 1.82) is 0 Å². The Labute approximate surface area is 129 Å². The van der Waals surface area contributed by atoms with E-state index in [0.717, 1.165) is 30.0 Å². The molecule has 1 heterocycles. The molecular weight excluding hydrogens is 292 g/mol. The second-order valence-corrected chi connectivity index (χ2v) is 6.22. The third-order valence-electron chi connectivity index (χ3n) is 2.65. The highest BCUT2D eigenvalue weighted by Gasteiger charge is 2.20. The molecule has 0 bridgehead atoms.